The van der Waals surface area contributed by atoms with E-state index < -0.39 is 6.10 Å². The molecule has 0 aliphatic heterocycles. The molecule has 20 heavy (non-hydrogen) atoms. The van der Waals surface area contributed by atoms with Crippen molar-refractivity contribution in [1.82, 2.24) is 0 Å². The van der Waals surface area contributed by atoms with Crippen molar-refractivity contribution in [3.63, 3.8) is 0 Å². The number of hydrogen-bond acceptors (Lipinski definition) is 2. The van der Waals surface area contributed by atoms with Gasteiger partial charge in [0.1, 0.15) is 5.75 Å². The molecule has 0 spiro atoms. The van der Waals surface area contributed by atoms with Crippen molar-refractivity contribution in [3.8, 4) is 5.75 Å². The first-order chi connectivity index (χ1) is 9.72. The first-order valence-electron chi connectivity index (χ1n) is 6.70. The zero-order valence-corrected chi connectivity index (χ0v) is 11.7. The Labute approximate surface area is 119 Å². The highest BCUT2D eigenvalue weighted by atomic mass is 16.5. The van der Waals surface area contributed by atoms with E-state index in [1.807, 2.05) is 61.5 Å². The minimum atomic E-state index is -0.510. The molecule has 0 fully saturated rings. The Morgan fingerprint density at radius 1 is 1.05 bits per heavy atom. The smallest absolute Gasteiger partial charge is 0.202 e. The molecule has 2 rings (SSSR count). The summed E-state index contributed by atoms with van der Waals surface area (Å²) in [5, 5.41) is 0. The molecule has 1 unspecified atom stereocenters. The SMILES string of the molecule is CC=Cc1ccccc1OC(C)C(=O)c1ccccc1. The van der Waals surface area contributed by atoms with E-state index >= 15 is 0 Å². The predicted molar refractivity (Wildman–Crippen MR) is 82.0 cm³/mol. The van der Waals surface area contributed by atoms with Gasteiger partial charge >= 0.3 is 0 Å². The molecule has 0 aliphatic carbocycles. The lowest BCUT2D eigenvalue weighted by atomic mass is 10.1. The maximum absolute atomic E-state index is 12.3. The summed E-state index contributed by atoms with van der Waals surface area (Å²) in [5.74, 6) is 0.711. The Bertz CT molecular complexity index is 600. The summed E-state index contributed by atoms with van der Waals surface area (Å²) >= 11 is 0. The summed E-state index contributed by atoms with van der Waals surface area (Å²) in [6.07, 6.45) is 3.41. The normalized spacial score (nSPS) is 12.3. The van der Waals surface area contributed by atoms with Crippen LogP contribution in [0.5, 0.6) is 5.75 Å². The average molecular weight is 266 g/mol. The van der Waals surface area contributed by atoms with Gasteiger partial charge in [-0.3, -0.25) is 4.79 Å². The van der Waals surface area contributed by atoms with Gasteiger partial charge in [0.2, 0.25) is 5.78 Å². The van der Waals surface area contributed by atoms with Gasteiger partial charge in [0, 0.05) is 11.1 Å². The van der Waals surface area contributed by atoms with E-state index in [9.17, 15) is 4.79 Å². The van der Waals surface area contributed by atoms with Crippen molar-refractivity contribution >= 4 is 11.9 Å². The monoisotopic (exact) mass is 266 g/mol. The summed E-state index contributed by atoms with van der Waals surface area (Å²) in [7, 11) is 0. The Morgan fingerprint density at radius 3 is 2.40 bits per heavy atom. The van der Waals surface area contributed by atoms with Gasteiger partial charge in [-0.2, -0.15) is 0 Å². The van der Waals surface area contributed by atoms with Crippen LogP contribution in [-0.4, -0.2) is 11.9 Å². The molecule has 0 radical (unpaired) electrons. The van der Waals surface area contributed by atoms with Crippen molar-refractivity contribution in [1.29, 1.82) is 0 Å². The molecule has 0 saturated carbocycles. The number of Topliss-reactive ketones (excluding diaryl/α,β-unsaturated/α-hetero) is 1. The molecule has 0 bridgehead atoms. The molecule has 0 saturated heterocycles. The number of benzene rings is 2. The highest BCUT2D eigenvalue weighted by Crippen LogP contribution is 2.21. The first-order valence-corrected chi connectivity index (χ1v) is 6.70. The maximum atomic E-state index is 12.3. The lowest BCUT2D eigenvalue weighted by molar-refractivity contribution is 0.0818. The largest absolute Gasteiger partial charge is 0.482 e. The molecular weight excluding hydrogens is 248 g/mol. The van der Waals surface area contributed by atoms with E-state index in [1.54, 1.807) is 19.1 Å². The first kappa shape index (κ1) is 14.1. The van der Waals surface area contributed by atoms with Gasteiger partial charge in [-0.25, -0.2) is 0 Å². The van der Waals surface area contributed by atoms with Crippen LogP contribution >= 0.6 is 0 Å². The van der Waals surface area contributed by atoms with Crippen molar-refractivity contribution in [2.75, 3.05) is 0 Å². The molecular formula is C18H18O2. The lowest BCUT2D eigenvalue weighted by Gasteiger charge is -2.15. The van der Waals surface area contributed by atoms with E-state index in [2.05, 4.69) is 0 Å². The third-order valence-electron chi connectivity index (χ3n) is 3.00. The number of carbonyl (C=O) groups is 1. The second-order valence-electron chi connectivity index (χ2n) is 4.53. The molecule has 0 heterocycles. The van der Waals surface area contributed by atoms with Gasteiger partial charge in [-0.05, 0) is 19.9 Å². The molecule has 2 aromatic carbocycles. The Balaban J connectivity index is 2.16. The highest BCUT2D eigenvalue weighted by Gasteiger charge is 2.17. The average Bonchev–Trinajstić information content (AvgIpc) is 2.49. The number of hydrogen-bond donors (Lipinski definition) is 0. The molecule has 0 aliphatic rings. The quantitative estimate of drug-likeness (QED) is 0.751. The van der Waals surface area contributed by atoms with Gasteiger partial charge in [0.05, 0.1) is 0 Å². The van der Waals surface area contributed by atoms with Crippen LogP contribution in [0.25, 0.3) is 6.08 Å². The van der Waals surface area contributed by atoms with Crippen LogP contribution in [0.1, 0.15) is 29.8 Å². The summed E-state index contributed by atoms with van der Waals surface area (Å²) in [6, 6.07) is 16.9. The third-order valence-corrected chi connectivity index (χ3v) is 3.00. The highest BCUT2D eigenvalue weighted by molar-refractivity contribution is 5.99. The molecule has 0 N–H and O–H groups in total. The number of allylic oxidation sites excluding steroid dienone is 1. The van der Waals surface area contributed by atoms with Crippen LogP contribution in [0.15, 0.2) is 60.7 Å². The van der Waals surface area contributed by atoms with Crippen LogP contribution in [0.3, 0.4) is 0 Å². The van der Waals surface area contributed by atoms with E-state index in [1.165, 1.54) is 0 Å². The minimum Gasteiger partial charge on any atom is -0.482 e. The Hall–Kier alpha value is -2.35. The number of ketones is 1. The van der Waals surface area contributed by atoms with Crippen LogP contribution in [0.4, 0.5) is 0 Å². The van der Waals surface area contributed by atoms with E-state index in [-0.39, 0.29) is 5.78 Å². The zero-order valence-electron chi connectivity index (χ0n) is 11.7. The standard InChI is InChI=1S/C18H18O2/c1-3-9-15-10-7-8-13-17(15)20-14(2)18(19)16-11-5-4-6-12-16/h3-14H,1-2H3. The molecule has 0 amide bonds. The minimum absolute atomic E-state index is 0.0131. The van der Waals surface area contributed by atoms with Crippen LogP contribution in [0.2, 0.25) is 0 Å². The van der Waals surface area contributed by atoms with E-state index in [0.717, 1.165) is 11.3 Å². The Kier molecular flexibility index (Phi) is 4.72. The fourth-order valence-electron chi connectivity index (χ4n) is 1.99. The van der Waals surface area contributed by atoms with Crippen LogP contribution < -0.4 is 4.74 Å². The number of carbonyl (C=O) groups excluding carboxylic acids is 1. The summed E-state index contributed by atoms with van der Waals surface area (Å²) in [6.45, 7) is 3.73. The van der Waals surface area contributed by atoms with E-state index in [4.69, 9.17) is 4.74 Å². The predicted octanol–water partition coefficient (Wildman–Crippen LogP) is 4.37. The Morgan fingerprint density at radius 2 is 1.70 bits per heavy atom. The van der Waals surface area contributed by atoms with Crippen LogP contribution in [0, 0.1) is 0 Å². The molecule has 2 aromatic rings. The third kappa shape index (κ3) is 3.35. The van der Waals surface area contributed by atoms with E-state index in [0.29, 0.717) is 5.56 Å². The fraction of sp³-hybridized carbons (Fsp3) is 0.167. The molecule has 0 aromatic heterocycles. The molecule has 1 atom stereocenters. The van der Waals surface area contributed by atoms with Crippen molar-refractivity contribution < 1.29 is 9.53 Å². The molecule has 2 heteroatoms. The van der Waals surface area contributed by atoms with Crippen LogP contribution in [-0.2, 0) is 0 Å². The fourth-order valence-corrected chi connectivity index (χ4v) is 1.99. The van der Waals surface area contributed by atoms with Gasteiger partial charge in [-0.15, -0.1) is 0 Å². The second kappa shape index (κ2) is 6.71. The van der Waals surface area contributed by atoms with Crippen molar-refractivity contribution in [3.05, 3.63) is 71.8 Å². The number of rotatable bonds is 5. The lowest BCUT2D eigenvalue weighted by Crippen LogP contribution is -2.24. The zero-order chi connectivity index (χ0) is 14.4. The topological polar surface area (TPSA) is 26.3 Å². The van der Waals surface area contributed by atoms with Gasteiger partial charge in [0.15, 0.2) is 6.10 Å². The van der Waals surface area contributed by atoms with Crippen molar-refractivity contribution in [2.45, 2.75) is 20.0 Å². The van der Waals surface area contributed by atoms with Gasteiger partial charge in [-0.1, -0.05) is 60.7 Å². The molecule has 2 nitrogen and oxygen atoms in total. The number of ether oxygens (including phenoxy) is 1. The summed E-state index contributed by atoms with van der Waals surface area (Å²) < 4.78 is 5.81. The summed E-state index contributed by atoms with van der Waals surface area (Å²) in [5.41, 5.74) is 1.64. The number of para-hydroxylation sites is 1. The maximum Gasteiger partial charge on any atom is 0.202 e. The summed E-state index contributed by atoms with van der Waals surface area (Å²) in [4.78, 5) is 12.3. The van der Waals surface area contributed by atoms with Gasteiger partial charge in [0.25, 0.3) is 0 Å². The molecule has 102 valence electrons. The van der Waals surface area contributed by atoms with Gasteiger partial charge < -0.3 is 4.74 Å². The van der Waals surface area contributed by atoms with Crippen molar-refractivity contribution in [2.24, 2.45) is 0 Å². The second-order valence-corrected chi connectivity index (χ2v) is 4.53.